The Morgan fingerprint density at radius 3 is 2.44 bits per heavy atom. The summed E-state index contributed by atoms with van der Waals surface area (Å²) in [6, 6.07) is 6.48. The summed E-state index contributed by atoms with van der Waals surface area (Å²) < 4.78 is 4.27. The number of phenolic OH excluding ortho intramolecular Hbond substituents is 1. The van der Waals surface area contributed by atoms with Gasteiger partial charge in [0, 0.05) is 0 Å². The van der Waals surface area contributed by atoms with Gasteiger partial charge in [-0.25, -0.2) is 0 Å². The number of halogens is 1. The number of phenols is 1. The lowest BCUT2D eigenvalue weighted by Gasteiger charge is -1.95. The van der Waals surface area contributed by atoms with Gasteiger partial charge >= 0.3 is 0 Å². The molecule has 0 amide bonds. The van der Waals surface area contributed by atoms with Crippen LogP contribution >= 0.6 is 11.9 Å². The average molecular weight is 145 g/mol. The summed E-state index contributed by atoms with van der Waals surface area (Å²) in [5.74, 6) is 0.326. The van der Waals surface area contributed by atoms with E-state index >= 15 is 0 Å². The summed E-state index contributed by atoms with van der Waals surface area (Å²) in [5, 5.41) is 8.90. The van der Waals surface area contributed by atoms with Gasteiger partial charge in [-0.3, -0.25) is 0 Å². The molecule has 0 heterocycles. The number of aromatic hydroxyl groups is 1. The van der Waals surface area contributed by atoms with Gasteiger partial charge < -0.3 is 9.40 Å². The third-order valence-corrected chi connectivity index (χ3v) is 1.11. The molecule has 0 aromatic heterocycles. The molecule has 0 aliphatic rings. The molecule has 0 spiro atoms. The van der Waals surface area contributed by atoms with Crippen molar-refractivity contribution in [3.05, 3.63) is 24.3 Å². The number of benzene rings is 1. The van der Waals surface area contributed by atoms with Crippen LogP contribution in [0.5, 0.6) is 11.5 Å². The van der Waals surface area contributed by atoms with Gasteiger partial charge in [0.15, 0.2) is 11.5 Å². The van der Waals surface area contributed by atoms with Gasteiger partial charge in [0.1, 0.15) is 11.9 Å². The molecular formula is C6H5ClO2. The van der Waals surface area contributed by atoms with E-state index in [0.29, 0.717) is 0 Å². The van der Waals surface area contributed by atoms with E-state index in [0.717, 1.165) is 0 Å². The second kappa shape index (κ2) is 2.60. The number of para-hydroxylation sites is 2. The van der Waals surface area contributed by atoms with Crippen LogP contribution in [0.3, 0.4) is 0 Å². The van der Waals surface area contributed by atoms with E-state index in [-0.39, 0.29) is 11.5 Å². The monoisotopic (exact) mass is 144 g/mol. The fraction of sp³-hybridized carbons (Fsp3) is 0. The molecule has 1 rings (SSSR count). The van der Waals surface area contributed by atoms with Crippen molar-refractivity contribution in [1.29, 1.82) is 0 Å². The average Bonchev–Trinajstić information content (AvgIpc) is 1.89. The third-order valence-electron chi connectivity index (χ3n) is 0.948. The Balaban J connectivity index is 3.01. The van der Waals surface area contributed by atoms with Gasteiger partial charge in [-0.2, -0.15) is 0 Å². The van der Waals surface area contributed by atoms with E-state index in [1.807, 2.05) is 0 Å². The SMILES string of the molecule is Oc1ccccc1OCl. The summed E-state index contributed by atoms with van der Waals surface area (Å²) in [4.78, 5) is 0. The van der Waals surface area contributed by atoms with E-state index in [1.54, 1.807) is 18.2 Å². The summed E-state index contributed by atoms with van der Waals surface area (Å²) in [6.45, 7) is 0. The first-order chi connectivity index (χ1) is 4.34. The predicted octanol–water partition coefficient (Wildman–Crippen LogP) is 1.92. The molecule has 0 unspecified atom stereocenters. The minimum Gasteiger partial charge on any atom is -0.504 e. The fourth-order valence-electron chi connectivity index (χ4n) is 0.522. The van der Waals surface area contributed by atoms with Gasteiger partial charge in [0.2, 0.25) is 0 Å². The Labute approximate surface area is 57.8 Å². The van der Waals surface area contributed by atoms with Crippen LogP contribution in [0, 0.1) is 0 Å². The zero-order valence-corrected chi connectivity index (χ0v) is 5.30. The molecule has 1 aromatic carbocycles. The van der Waals surface area contributed by atoms with Crippen LogP contribution in [-0.4, -0.2) is 5.11 Å². The van der Waals surface area contributed by atoms with Crippen molar-refractivity contribution in [3.63, 3.8) is 0 Å². The highest BCUT2D eigenvalue weighted by Crippen LogP contribution is 2.24. The standard InChI is InChI=1S/C6H5ClO2/c7-9-6-4-2-1-3-5(6)8/h1-4,8H. The molecule has 0 saturated carbocycles. The minimum atomic E-state index is 0.0486. The highest BCUT2D eigenvalue weighted by molar-refractivity contribution is 6.09. The second-order valence-corrected chi connectivity index (χ2v) is 1.70. The summed E-state index contributed by atoms with van der Waals surface area (Å²) in [5.41, 5.74) is 0. The molecule has 0 fully saturated rings. The first kappa shape index (κ1) is 6.23. The number of hydrogen-bond acceptors (Lipinski definition) is 2. The first-order valence-corrected chi connectivity index (χ1v) is 2.72. The number of hydrogen-bond donors (Lipinski definition) is 1. The summed E-state index contributed by atoms with van der Waals surface area (Å²) >= 11 is 4.97. The topological polar surface area (TPSA) is 29.5 Å². The van der Waals surface area contributed by atoms with E-state index in [4.69, 9.17) is 17.0 Å². The number of rotatable bonds is 1. The van der Waals surface area contributed by atoms with E-state index in [9.17, 15) is 0 Å². The minimum absolute atomic E-state index is 0.0486. The molecule has 0 radical (unpaired) electrons. The molecule has 0 atom stereocenters. The fourth-order valence-corrected chi connectivity index (χ4v) is 0.653. The molecule has 9 heavy (non-hydrogen) atoms. The molecule has 1 aromatic rings. The maximum Gasteiger partial charge on any atom is 0.187 e. The lowest BCUT2D eigenvalue weighted by molar-refractivity contribution is 0.447. The van der Waals surface area contributed by atoms with Gasteiger partial charge in [-0.1, -0.05) is 12.1 Å². The van der Waals surface area contributed by atoms with Crippen LogP contribution in [-0.2, 0) is 0 Å². The van der Waals surface area contributed by atoms with Crippen LogP contribution in [0.4, 0.5) is 0 Å². The molecule has 2 nitrogen and oxygen atoms in total. The Hall–Kier alpha value is -0.890. The van der Waals surface area contributed by atoms with Crippen LogP contribution in [0.1, 0.15) is 0 Å². The molecule has 48 valence electrons. The highest BCUT2D eigenvalue weighted by atomic mass is 35.5. The van der Waals surface area contributed by atoms with Crippen LogP contribution in [0.25, 0.3) is 0 Å². The van der Waals surface area contributed by atoms with Crippen LogP contribution in [0.2, 0.25) is 0 Å². The molecule has 0 saturated heterocycles. The zero-order chi connectivity index (χ0) is 6.69. The van der Waals surface area contributed by atoms with Crippen molar-refractivity contribution < 1.29 is 9.40 Å². The molecule has 0 bridgehead atoms. The lowest BCUT2D eigenvalue weighted by atomic mass is 10.3. The maximum absolute atomic E-state index is 8.90. The Kier molecular flexibility index (Phi) is 1.80. The van der Waals surface area contributed by atoms with E-state index in [2.05, 4.69) is 4.29 Å². The molecular weight excluding hydrogens is 140 g/mol. The Morgan fingerprint density at radius 1 is 1.33 bits per heavy atom. The molecule has 0 aliphatic carbocycles. The van der Waals surface area contributed by atoms with Gasteiger partial charge in [-0.15, -0.1) is 0 Å². The van der Waals surface area contributed by atoms with Gasteiger partial charge in [0.25, 0.3) is 0 Å². The van der Waals surface area contributed by atoms with Crippen molar-refractivity contribution in [2.45, 2.75) is 0 Å². The Morgan fingerprint density at radius 2 is 2.00 bits per heavy atom. The van der Waals surface area contributed by atoms with Crippen LogP contribution in [0.15, 0.2) is 24.3 Å². The zero-order valence-electron chi connectivity index (χ0n) is 4.54. The highest BCUT2D eigenvalue weighted by Gasteiger charge is 1.96. The third kappa shape index (κ3) is 1.27. The van der Waals surface area contributed by atoms with Crippen molar-refractivity contribution in [1.82, 2.24) is 0 Å². The van der Waals surface area contributed by atoms with Crippen molar-refractivity contribution in [2.24, 2.45) is 0 Å². The summed E-state index contributed by atoms with van der Waals surface area (Å²) in [6.07, 6.45) is 0. The maximum atomic E-state index is 8.90. The van der Waals surface area contributed by atoms with Crippen LogP contribution < -0.4 is 4.29 Å². The van der Waals surface area contributed by atoms with Gasteiger partial charge in [-0.05, 0) is 12.1 Å². The van der Waals surface area contributed by atoms with E-state index in [1.165, 1.54) is 6.07 Å². The van der Waals surface area contributed by atoms with Gasteiger partial charge in [0.05, 0.1) is 0 Å². The Bertz CT molecular complexity index is 200. The normalized spacial score (nSPS) is 9.00. The lowest BCUT2D eigenvalue weighted by Crippen LogP contribution is -1.73. The summed E-state index contributed by atoms with van der Waals surface area (Å²) in [7, 11) is 0. The molecule has 1 N–H and O–H groups in total. The van der Waals surface area contributed by atoms with Crippen molar-refractivity contribution in [3.8, 4) is 11.5 Å². The molecule has 0 aliphatic heterocycles. The quantitative estimate of drug-likeness (QED) is 0.653. The largest absolute Gasteiger partial charge is 0.504 e. The first-order valence-electron chi connectivity index (χ1n) is 2.41. The second-order valence-electron chi connectivity index (χ2n) is 1.54. The smallest absolute Gasteiger partial charge is 0.187 e. The molecule has 3 heteroatoms. The van der Waals surface area contributed by atoms with E-state index < -0.39 is 0 Å². The predicted molar refractivity (Wildman–Crippen MR) is 34.6 cm³/mol. The van der Waals surface area contributed by atoms with Crippen molar-refractivity contribution in [2.75, 3.05) is 0 Å². The van der Waals surface area contributed by atoms with Crippen molar-refractivity contribution >= 4 is 11.9 Å².